The standard InChI is InChI=1S/C20H29N3O4/c1-27-15-19(25)23-7-3-5-17(14-23)20(26)22-10-8-21(9-11-22)13-16-4-2-6-18(24)12-16/h2,4,6,12,17,24H,3,5,7-11,13-15H2,1H3/t17-/m1/s1. The van der Waals surface area contributed by atoms with E-state index in [1.54, 1.807) is 17.0 Å². The van der Waals surface area contributed by atoms with E-state index in [2.05, 4.69) is 4.90 Å². The average molecular weight is 375 g/mol. The average Bonchev–Trinajstić information content (AvgIpc) is 2.68. The second kappa shape index (κ2) is 9.19. The summed E-state index contributed by atoms with van der Waals surface area (Å²) in [5.41, 5.74) is 1.08. The monoisotopic (exact) mass is 375 g/mol. The van der Waals surface area contributed by atoms with Crippen molar-refractivity contribution in [2.45, 2.75) is 19.4 Å². The van der Waals surface area contributed by atoms with E-state index in [1.165, 1.54) is 7.11 Å². The van der Waals surface area contributed by atoms with Gasteiger partial charge in [-0.05, 0) is 30.5 Å². The highest BCUT2D eigenvalue weighted by molar-refractivity contribution is 5.82. The van der Waals surface area contributed by atoms with E-state index < -0.39 is 0 Å². The van der Waals surface area contributed by atoms with Crippen molar-refractivity contribution in [3.05, 3.63) is 29.8 Å². The van der Waals surface area contributed by atoms with Crippen LogP contribution in [0.25, 0.3) is 0 Å². The highest BCUT2D eigenvalue weighted by atomic mass is 16.5. The third-order valence-electron chi connectivity index (χ3n) is 5.39. The predicted molar refractivity (Wildman–Crippen MR) is 101 cm³/mol. The van der Waals surface area contributed by atoms with Gasteiger partial charge in [-0.3, -0.25) is 14.5 Å². The molecule has 2 heterocycles. The molecule has 1 N–H and O–H groups in total. The van der Waals surface area contributed by atoms with E-state index in [4.69, 9.17) is 4.74 Å². The van der Waals surface area contributed by atoms with Crippen LogP contribution in [0.3, 0.4) is 0 Å². The number of benzene rings is 1. The number of piperazine rings is 1. The van der Waals surface area contributed by atoms with Gasteiger partial charge in [-0.2, -0.15) is 0 Å². The van der Waals surface area contributed by atoms with E-state index in [-0.39, 0.29) is 30.1 Å². The summed E-state index contributed by atoms with van der Waals surface area (Å²) in [7, 11) is 1.51. The molecule has 7 nitrogen and oxygen atoms in total. The van der Waals surface area contributed by atoms with E-state index in [0.29, 0.717) is 26.2 Å². The van der Waals surface area contributed by atoms with Crippen molar-refractivity contribution in [2.24, 2.45) is 5.92 Å². The van der Waals surface area contributed by atoms with Crippen LogP contribution in [0.5, 0.6) is 5.75 Å². The summed E-state index contributed by atoms with van der Waals surface area (Å²) < 4.78 is 4.93. The molecule has 1 atom stereocenters. The minimum atomic E-state index is -0.0998. The first-order chi connectivity index (χ1) is 13.1. The van der Waals surface area contributed by atoms with Crippen LogP contribution in [0, 0.1) is 5.92 Å². The molecule has 7 heteroatoms. The van der Waals surface area contributed by atoms with Crippen LogP contribution >= 0.6 is 0 Å². The summed E-state index contributed by atoms with van der Waals surface area (Å²) in [6, 6.07) is 7.31. The van der Waals surface area contributed by atoms with Gasteiger partial charge in [-0.15, -0.1) is 0 Å². The Balaban J connectivity index is 1.48. The third kappa shape index (κ3) is 5.20. The molecular weight excluding hydrogens is 346 g/mol. The molecule has 0 aromatic heterocycles. The van der Waals surface area contributed by atoms with Crippen molar-refractivity contribution in [3.8, 4) is 5.75 Å². The van der Waals surface area contributed by atoms with E-state index >= 15 is 0 Å². The molecule has 2 aliphatic rings. The zero-order valence-corrected chi connectivity index (χ0v) is 16.0. The fraction of sp³-hybridized carbons (Fsp3) is 0.600. The van der Waals surface area contributed by atoms with Crippen LogP contribution < -0.4 is 0 Å². The SMILES string of the molecule is COCC(=O)N1CCC[C@@H](C(=O)N2CCN(Cc3cccc(O)c3)CC2)C1. The van der Waals surface area contributed by atoms with Crippen molar-refractivity contribution in [1.29, 1.82) is 0 Å². The Kier molecular flexibility index (Phi) is 6.68. The number of carbonyl (C=O) groups is 2. The summed E-state index contributed by atoms with van der Waals surface area (Å²) in [5.74, 6) is 0.316. The number of hydrogen-bond acceptors (Lipinski definition) is 5. The number of hydrogen-bond donors (Lipinski definition) is 1. The van der Waals surface area contributed by atoms with Crippen molar-refractivity contribution >= 4 is 11.8 Å². The molecule has 2 aliphatic heterocycles. The smallest absolute Gasteiger partial charge is 0.248 e. The van der Waals surface area contributed by atoms with Gasteiger partial charge in [0.25, 0.3) is 0 Å². The largest absolute Gasteiger partial charge is 0.508 e. The fourth-order valence-corrected chi connectivity index (χ4v) is 3.92. The number of carbonyl (C=O) groups excluding carboxylic acids is 2. The maximum Gasteiger partial charge on any atom is 0.248 e. The van der Waals surface area contributed by atoms with Crippen LogP contribution in [-0.4, -0.2) is 84.6 Å². The minimum Gasteiger partial charge on any atom is -0.508 e. The molecule has 148 valence electrons. The normalized spacial score (nSPS) is 21.3. The fourth-order valence-electron chi connectivity index (χ4n) is 3.92. The Bertz CT molecular complexity index is 658. The van der Waals surface area contributed by atoms with Crippen LogP contribution in [0.1, 0.15) is 18.4 Å². The van der Waals surface area contributed by atoms with Gasteiger partial charge in [0.1, 0.15) is 12.4 Å². The summed E-state index contributed by atoms with van der Waals surface area (Å²) >= 11 is 0. The van der Waals surface area contributed by atoms with E-state index in [9.17, 15) is 14.7 Å². The van der Waals surface area contributed by atoms with Crippen LogP contribution in [0.15, 0.2) is 24.3 Å². The lowest BCUT2D eigenvalue weighted by Crippen LogP contribution is -2.53. The number of phenolic OH excluding ortho intramolecular Hbond substituents is 1. The molecule has 1 aromatic carbocycles. The first kappa shape index (κ1) is 19.6. The van der Waals surface area contributed by atoms with Crippen molar-refractivity contribution in [2.75, 3.05) is 53.0 Å². The van der Waals surface area contributed by atoms with Crippen LogP contribution in [0.4, 0.5) is 0 Å². The second-order valence-corrected chi connectivity index (χ2v) is 7.38. The molecule has 2 amide bonds. The zero-order valence-electron chi connectivity index (χ0n) is 16.0. The maximum absolute atomic E-state index is 12.9. The molecule has 3 rings (SSSR count). The molecule has 0 unspecified atom stereocenters. The highest BCUT2D eigenvalue weighted by Gasteiger charge is 2.32. The molecule has 1 aromatic rings. The van der Waals surface area contributed by atoms with E-state index in [0.717, 1.165) is 38.0 Å². The number of amides is 2. The molecule has 0 bridgehead atoms. The number of likely N-dealkylation sites (tertiary alicyclic amines) is 1. The second-order valence-electron chi connectivity index (χ2n) is 7.38. The number of piperidine rings is 1. The minimum absolute atomic E-state index is 0.0362. The Morgan fingerprint density at radius 3 is 2.63 bits per heavy atom. The number of rotatable bonds is 5. The molecule has 2 saturated heterocycles. The zero-order chi connectivity index (χ0) is 19.2. The number of nitrogens with zero attached hydrogens (tertiary/aromatic N) is 3. The van der Waals surface area contributed by atoms with Crippen molar-refractivity contribution in [1.82, 2.24) is 14.7 Å². The summed E-state index contributed by atoms with van der Waals surface area (Å²) in [6.07, 6.45) is 1.71. The molecule has 0 saturated carbocycles. The van der Waals surface area contributed by atoms with Gasteiger partial charge in [0, 0.05) is 52.9 Å². The molecule has 2 fully saturated rings. The molecule has 0 aliphatic carbocycles. The Hall–Kier alpha value is -2.12. The van der Waals surface area contributed by atoms with Gasteiger partial charge in [0.2, 0.25) is 11.8 Å². The van der Waals surface area contributed by atoms with Gasteiger partial charge in [-0.25, -0.2) is 0 Å². The Labute approximate surface area is 160 Å². The maximum atomic E-state index is 12.9. The Morgan fingerprint density at radius 1 is 1.15 bits per heavy atom. The first-order valence-electron chi connectivity index (χ1n) is 9.62. The number of aromatic hydroxyl groups is 1. The highest BCUT2D eigenvalue weighted by Crippen LogP contribution is 2.21. The quantitative estimate of drug-likeness (QED) is 0.829. The van der Waals surface area contributed by atoms with Gasteiger partial charge in [0.05, 0.1) is 5.92 Å². The van der Waals surface area contributed by atoms with Crippen molar-refractivity contribution in [3.63, 3.8) is 0 Å². The first-order valence-corrected chi connectivity index (χ1v) is 9.62. The van der Waals surface area contributed by atoms with Crippen LogP contribution in [0.2, 0.25) is 0 Å². The molecule has 0 radical (unpaired) electrons. The molecule has 0 spiro atoms. The molecule has 27 heavy (non-hydrogen) atoms. The third-order valence-corrected chi connectivity index (χ3v) is 5.39. The van der Waals surface area contributed by atoms with E-state index in [1.807, 2.05) is 17.0 Å². The van der Waals surface area contributed by atoms with Gasteiger partial charge in [-0.1, -0.05) is 12.1 Å². The molecular formula is C20H29N3O4. The number of ether oxygens (including phenoxy) is 1. The topological polar surface area (TPSA) is 73.3 Å². The lowest BCUT2D eigenvalue weighted by Gasteiger charge is -2.39. The lowest BCUT2D eigenvalue weighted by atomic mass is 9.96. The van der Waals surface area contributed by atoms with Gasteiger partial charge < -0.3 is 19.6 Å². The van der Waals surface area contributed by atoms with Gasteiger partial charge >= 0.3 is 0 Å². The number of methoxy groups -OCH3 is 1. The van der Waals surface area contributed by atoms with Crippen molar-refractivity contribution < 1.29 is 19.4 Å². The summed E-state index contributed by atoms with van der Waals surface area (Å²) in [5, 5.41) is 9.59. The summed E-state index contributed by atoms with van der Waals surface area (Å²) in [4.78, 5) is 30.9. The predicted octanol–water partition coefficient (Wildman–Crippen LogP) is 0.921. The van der Waals surface area contributed by atoms with Gasteiger partial charge in [0.15, 0.2) is 0 Å². The Morgan fingerprint density at radius 2 is 1.93 bits per heavy atom. The van der Waals surface area contributed by atoms with Crippen LogP contribution in [-0.2, 0) is 20.9 Å². The number of phenols is 1. The lowest BCUT2D eigenvalue weighted by molar-refractivity contribution is -0.143. The summed E-state index contributed by atoms with van der Waals surface area (Å²) in [6.45, 7) is 5.13.